The Balaban J connectivity index is 3.59. The van der Waals surface area contributed by atoms with E-state index in [4.69, 9.17) is 0 Å². The fraction of sp³-hybridized carbons (Fsp3) is 1.00. The summed E-state index contributed by atoms with van der Waals surface area (Å²) in [6.45, 7) is 3.42. The molecule has 0 radical (unpaired) electrons. The molecule has 1 nitrogen and oxygen atoms in total. The standard InChI is InChI=1S/C8H15BrF3N/c1-2-13(6-3-5-9)7-4-8(10,11)12/h2-7H2,1H3. The minimum absolute atomic E-state index is 0.118. The first kappa shape index (κ1) is 13.2. The highest BCUT2D eigenvalue weighted by atomic mass is 79.9. The monoisotopic (exact) mass is 261 g/mol. The number of hydrogen-bond acceptors (Lipinski definition) is 1. The van der Waals surface area contributed by atoms with E-state index in [0.717, 1.165) is 18.3 Å². The van der Waals surface area contributed by atoms with Gasteiger partial charge in [0, 0.05) is 11.9 Å². The smallest absolute Gasteiger partial charge is 0.303 e. The van der Waals surface area contributed by atoms with Crippen molar-refractivity contribution in [1.29, 1.82) is 0 Å². The van der Waals surface area contributed by atoms with Crippen LogP contribution in [0, 0.1) is 0 Å². The van der Waals surface area contributed by atoms with Crippen LogP contribution in [0.4, 0.5) is 13.2 Å². The summed E-state index contributed by atoms with van der Waals surface area (Å²) < 4.78 is 35.5. The van der Waals surface area contributed by atoms with Gasteiger partial charge in [-0.2, -0.15) is 13.2 Å². The van der Waals surface area contributed by atoms with Gasteiger partial charge in [0.15, 0.2) is 0 Å². The van der Waals surface area contributed by atoms with E-state index >= 15 is 0 Å². The summed E-state index contributed by atoms with van der Waals surface area (Å²) in [6.07, 6.45) is -3.84. The summed E-state index contributed by atoms with van der Waals surface area (Å²) in [5.41, 5.74) is 0. The Morgan fingerprint density at radius 2 is 1.85 bits per heavy atom. The molecule has 0 aromatic rings. The summed E-state index contributed by atoms with van der Waals surface area (Å²) in [5, 5.41) is 0.843. The Bertz CT molecular complexity index is 127. The second kappa shape index (κ2) is 6.65. The third-order valence-corrected chi connectivity index (χ3v) is 2.33. The van der Waals surface area contributed by atoms with Crippen LogP contribution in [0.2, 0.25) is 0 Å². The van der Waals surface area contributed by atoms with Gasteiger partial charge < -0.3 is 4.90 Å². The van der Waals surface area contributed by atoms with Crippen LogP contribution in [0.5, 0.6) is 0 Å². The molecule has 0 aliphatic carbocycles. The molecule has 0 aromatic heterocycles. The summed E-state index contributed by atoms with van der Waals surface area (Å²) in [7, 11) is 0. The normalized spacial score (nSPS) is 12.5. The molecule has 0 atom stereocenters. The van der Waals surface area contributed by atoms with E-state index in [-0.39, 0.29) is 6.54 Å². The molecule has 0 aliphatic rings. The van der Waals surface area contributed by atoms with Gasteiger partial charge in [-0.05, 0) is 19.5 Å². The molecule has 0 aliphatic heterocycles. The molecule has 80 valence electrons. The van der Waals surface area contributed by atoms with Crippen LogP contribution in [0.25, 0.3) is 0 Å². The Labute approximate surface area is 85.4 Å². The van der Waals surface area contributed by atoms with Gasteiger partial charge in [0.2, 0.25) is 0 Å². The SMILES string of the molecule is CCN(CCCBr)CCC(F)(F)F. The Kier molecular flexibility index (Phi) is 6.77. The topological polar surface area (TPSA) is 3.24 Å². The van der Waals surface area contributed by atoms with E-state index in [0.29, 0.717) is 6.54 Å². The van der Waals surface area contributed by atoms with Crippen molar-refractivity contribution in [1.82, 2.24) is 4.90 Å². The van der Waals surface area contributed by atoms with E-state index in [2.05, 4.69) is 15.9 Å². The van der Waals surface area contributed by atoms with Gasteiger partial charge in [-0.3, -0.25) is 0 Å². The van der Waals surface area contributed by atoms with Crippen LogP contribution < -0.4 is 0 Å². The zero-order valence-corrected chi connectivity index (χ0v) is 9.29. The maximum absolute atomic E-state index is 11.8. The number of nitrogens with zero attached hydrogens (tertiary/aromatic N) is 1. The summed E-state index contributed by atoms with van der Waals surface area (Å²) in [6, 6.07) is 0. The first-order valence-electron chi connectivity index (χ1n) is 4.34. The highest BCUT2D eigenvalue weighted by molar-refractivity contribution is 9.09. The van der Waals surface area contributed by atoms with Crippen molar-refractivity contribution >= 4 is 15.9 Å². The lowest BCUT2D eigenvalue weighted by Gasteiger charge is -2.20. The molecule has 0 aromatic carbocycles. The van der Waals surface area contributed by atoms with Crippen LogP contribution in [-0.4, -0.2) is 36.0 Å². The van der Waals surface area contributed by atoms with Crippen molar-refractivity contribution in [3.8, 4) is 0 Å². The summed E-state index contributed by atoms with van der Waals surface area (Å²) in [4.78, 5) is 1.81. The molecule has 0 fully saturated rings. The van der Waals surface area contributed by atoms with Crippen LogP contribution in [-0.2, 0) is 0 Å². The fourth-order valence-corrected chi connectivity index (χ4v) is 1.25. The maximum Gasteiger partial charge on any atom is 0.390 e. The summed E-state index contributed by atoms with van der Waals surface area (Å²) in [5.74, 6) is 0. The van der Waals surface area contributed by atoms with Gasteiger partial charge in [0.1, 0.15) is 0 Å². The second-order valence-electron chi connectivity index (χ2n) is 2.84. The molecule has 5 heteroatoms. The summed E-state index contributed by atoms with van der Waals surface area (Å²) >= 11 is 3.25. The van der Waals surface area contributed by atoms with E-state index in [1.54, 1.807) is 0 Å². The molecule has 0 saturated heterocycles. The minimum Gasteiger partial charge on any atom is -0.303 e. The molecule has 0 N–H and O–H groups in total. The largest absolute Gasteiger partial charge is 0.390 e. The Morgan fingerprint density at radius 1 is 1.23 bits per heavy atom. The molecule has 0 amide bonds. The van der Waals surface area contributed by atoms with E-state index < -0.39 is 12.6 Å². The van der Waals surface area contributed by atoms with Crippen molar-refractivity contribution in [2.24, 2.45) is 0 Å². The molecule has 0 bridgehead atoms. The van der Waals surface area contributed by atoms with Gasteiger partial charge in [-0.25, -0.2) is 0 Å². The lowest BCUT2D eigenvalue weighted by molar-refractivity contribution is -0.137. The Morgan fingerprint density at radius 3 is 2.23 bits per heavy atom. The van der Waals surface area contributed by atoms with Gasteiger partial charge in [-0.15, -0.1) is 0 Å². The van der Waals surface area contributed by atoms with Gasteiger partial charge >= 0.3 is 6.18 Å². The molecular formula is C8H15BrF3N. The molecule has 0 saturated carbocycles. The zero-order chi connectivity index (χ0) is 10.3. The molecule has 0 spiro atoms. The van der Waals surface area contributed by atoms with Crippen molar-refractivity contribution in [3.05, 3.63) is 0 Å². The maximum atomic E-state index is 11.8. The number of halogens is 4. The second-order valence-corrected chi connectivity index (χ2v) is 3.63. The zero-order valence-electron chi connectivity index (χ0n) is 7.70. The molecule has 13 heavy (non-hydrogen) atoms. The molecule has 0 heterocycles. The van der Waals surface area contributed by atoms with Crippen LogP contribution >= 0.6 is 15.9 Å². The van der Waals surface area contributed by atoms with Crippen LogP contribution in [0.1, 0.15) is 19.8 Å². The molecule has 0 unspecified atom stereocenters. The average molecular weight is 262 g/mol. The Hall–Kier alpha value is 0.230. The van der Waals surface area contributed by atoms with Crippen molar-refractivity contribution < 1.29 is 13.2 Å². The quantitative estimate of drug-likeness (QED) is 0.665. The third-order valence-electron chi connectivity index (χ3n) is 1.77. The van der Waals surface area contributed by atoms with E-state index in [9.17, 15) is 13.2 Å². The predicted molar refractivity (Wildman–Crippen MR) is 51.2 cm³/mol. The highest BCUT2D eigenvalue weighted by Gasteiger charge is 2.27. The van der Waals surface area contributed by atoms with Crippen molar-refractivity contribution in [2.75, 3.05) is 25.0 Å². The van der Waals surface area contributed by atoms with Crippen molar-refractivity contribution in [3.63, 3.8) is 0 Å². The van der Waals surface area contributed by atoms with E-state index in [1.165, 1.54) is 0 Å². The fourth-order valence-electron chi connectivity index (χ4n) is 0.996. The van der Waals surface area contributed by atoms with Gasteiger partial charge in [-0.1, -0.05) is 22.9 Å². The van der Waals surface area contributed by atoms with E-state index in [1.807, 2.05) is 11.8 Å². The number of alkyl halides is 4. The van der Waals surface area contributed by atoms with Crippen LogP contribution in [0.15, 0.2) is 0 Å². The number of rotatable bonds is 6. The van der Waals surface area contributed by atoms with Crippen LogP contribution in [0.3, 0.4) is 0 Å². The van der Waals surface area contributed by atoms with Gasteiger partial charge in [0.25, 0.3) is 0 Å². The average Bonchev–Trinajstić information content (AvgIpc) is 2.03. The minimum atomic E-state index is -4.03. The first-order chi connectivity index (χ1) is 5.99. The molecule has 0 rings (SSSR count). The first-order valence-corrected chi connectivity index (χ1v) is 5.47. The van der Waals surface area contributed by atoms with Crippen molar-refractivity contribution in [2.45, 2.75) is 25.9 Å². The number of hydrogen-bond donors (Lipinski definition) is 0. The predicted octanol–water partition coefficient (Wildman–Crippen LogP) is 3.05. The lowest BCUT2D eigenvalue weighted by atomic mass is 10.3. The molecular weight excluding hydrogens is 247 g/mol. The lowest BCUT2D eigenvalue weighted by Crippen LogP contribution is -2.29. The van der Waals surface area contributed by atoms with Gasteiger partial charge in [0.05, 0.1) is 6.42 Å². The highest BCUT2D eigenvalue weighted by Crippen LogP contribution is 2.19. The third kappa shape index (κ3) is 8.56.